The van der Waals surface area contributed by atoms with Gasteiger partial charge in [-0.2, -0.15) is 0 Å². The van der Waals surface area contributed by atoms with Crippen LogP contribution in [-0.2, 0) is 11.3 Å². The third kappa shape index (κ3) is 2.88. The molecule has 6 nitrogen and oxygen atoms in total. The van der Waals surface area contributed by atoms with E-state index in [-0.39, 0.29) is 5.91 Å². The van der Waals surface area contributed by atoms with Gasteiger partial charge in [0.2, 0.25) is 5.91 Å². The number of nitrogens with zero attached hydrogens (tertiary/aromatic N) is 2. The molecule has 1 aromatic rings. The summed E-state index contributed by atoms with van der Waals surface area (Å²) in [5.41, 5.74) is -0.477. The molecule has 100 valence electrons. The summed E-state index contributed by atoms with van der Waals surface area (Å²) in [4.78, 5) is 21.5. The Bertz CT molecular complexity index is 381. The van der Waals surface area contributed by atoms with Crippen molar-refractivity contribution >= 4 is 5.91 Å². The zero-order chi connectivity index (χ0) is 13.0. The molecule has 0 saturated carbocycles. The van der Waals surface area contributed by atoms with Crippen LogP contribution in [0.3, 0.4) is 0 Å². The predicted molar refractivity (Wildman–Crippen MR) is 69.0 cm³/mol. The first-order chi connectivity index (χ1) is 8.60. The number of carbonyl (C=O) groups excluding carboxylic acids is 1. The van der Waals surface area contributed by atoms with E-state index in [0.29, 0.717) is 6.54 Å². The molecule has 1 fully saturated rings. The normalized spacial score (nSPS) is 17.7. The minimum atomic E-state index is -0.477. The summed E-state index contributed by atoms with van der Waals surface area (Å²) in [7, 11) is 0. The monoisotopic (exact) mass is 251 g/mol. The minimum absolute atomic E-state index is 0.0424. The van der Waals surface area contributed by atoms with E-state index in [9.17, 15) is 4.79 Å². The molecule has 1 amide bonds. The second kappa shape index (κ2) is 5.49. The van der Waals surface area contributed by atoms with Crippen LogP contribution in [0.15, 0.2) is 12.4 Å². The average molecular weight is 251 g/mol. The Morgan fingerprint density at radius 2 is 2.22 bits per heavy atom. The summed E-state index contributed by atoms with van der Waals surface area (Å²) >= 11 is 0. The zero-order valence-electron chi connectivity index (χ0n) is 11.0. The summed E-state index contributed by atoms with van der Waals surface area (Å²) in [6.07, 6.45) is 3.44. The van der Waals surface area contributed by atoms with Crippen molar-refractivity contribution in [1.82, 2.24) is 25.5 Å². The first-order valence-electron chi connectivity index (χ1n) is 6.33. The third-order valence-electron chi connectivity index (χ3n) is 3.43. The SMILES string of the molecule is CC(C)(C(=O)NCc1ncc[nH]1)N1CCNCC1. The number of aromatic amines is 1. The number of H-pyrrole nitrogens is 1. The molecular formula is C12H21N5O. The fourth-order valence-corrected chi connectivity index (χ4v) is 2.14. The Kier molecular flexibility index (Phi) is 3.98. The molecular weight excluding hydrogens is 230 g/mol. The van der Waals surface area contributed by atoms with Crippen LogP contribution in [0, 0.1) is 0 Å². The molecule has 18 heavy (non-hydrogen) atoms. The first kappa shape index (κ1) is 13.0. The molecule has 0 spiro atoms. The molecule has 0 unspecified atom stereocenters. The average Bonchev–Trinajstić information content (AvgIpc) is 2.90. The molecule has 0 aromatic carbocycles. The molecule has 1 saturated heterocycles. The number of hydrogen-bond acceptors (Lipinski definition) is 4. The molecule has 6 heteroatoms. The van der Waals surface area contributed by atoms with E-state index in [1.807, 2.05) is 13.8 Å². The number of hydrogen-bond donors (Lipinski definition) is 3. The van der Waals surface area contributed by atoms with Crippen molar-refractivity contribution in [3.8, 4) is 0 Å². The van der Waals surface area contributed by atoms with Gasteiger partial charge in [0.1, 0.15) is 5.82 Å². The van der Waals surface area contributed by atoms with Crippen LogP contribution in [0.25, 0.3) is 0 Å². The molecule has 1 aliphatic rings. The summed E-state index contributed by atoms with van der Waals surface area (Å²) in [6.45, 7) is 8.07. The number of amides is 1. The quantitative estimate of drug-likeness (QED) is 0.687. The standard InChI is InChI=1S/C12H21N5O/c1-12(2,17-7-5-13-6-8-17)11(18)16-9-10-14-3-4-15-10/h3-4,13H,5-9H2,1-2H3,(H,14,15)(H,16,18). The van der Waals surface area contributed by atoms with Gasteiger partial charge in [-0.1, -0.05) is 0 Å². The highest BCUT2D eigenvalue weighted by atomic mass is 16.2. The summed E-state index contributed by atoms with van der Waals surface area (Å²) in [5, 5.41) is 6.22. The van der Waals surface area contributed by atoms with Crippen molar-refractivity contribution in [2.45, 2.75) is 25.9 Å². The number of rotatable bonds is 4. The number of nitrogens with one attached hydrogen (secondary N) is 3. The van der Waals surface area contributed by atoms with Gasteiger partial charge in [-0.3, -0.25) is 9.69 Å². The van der Waals surface area contributed by atoms with E-state index in [1.165, 1.54) is 0 Å². The Morgan fingerprint density at radius 3 is 2.83 bits per heavy atom. The van der Waals surface area contributed by atoms with Crippen molar-refractivity contribution in [3.63, 3.8) is 0 Å². The van der Waals surface area contributed by atoms with Crippen molar-refractivity contribution in [2.24, 2.45) is 0 Å². The van der Waals surface area contributed by atoms with Crippen LogP contribution in [-0.4, -0.2) is 52.5 Å². The molecule has 0 radical (unpaired) electrons. The maximum atomic E-state index is 12.2. The fraction of sp³-hybridized carbons (Fsp3) is 0.667. The van der Waals surface area contributed by atoms with Crippen LogP contribution >= 0.6 is 0 Å². The van der Waals surface area contributed by atoms with Gasteiger partial charge in [-0.25, -0.2) is 4.98 Å². The molecule has 2 rings (SSSR count). The molecule has 0 aliphatic carbocycles. The Hall–Kier alpha value is -1.40. The van der Waals surface area contributed by atoms with Gasteiger partial charge in [0, 0.05) is 38.6 Å². The Labute approximate surface area is 107 Å². The van der Waals surface area contributed by atoms with E-state index < -0.39 is 5.54 Å². The molecule has 2 heterocycles. The molecule has 1 aliphatic heterocycles. The van der Waals surface area contributed by atoms with E-state index in [1.54, 1.807) is 12.4 Å². The van der Waals surface area contributed by atoms with E-state index in [2.05, 4.69) is 25.5 Å². The highest BCUT2D eigenvalue weighted by Crippen LogP contribution is 2.15. The smallest absolute Gasteiger partial charge is 0.240 e. The fourth-order valence-electron chi connectivity index (χ4n) is 2.14. The van der Waals surface area contributed by atoms with Gasteiger partial charge in [0.25, 0.3) is 0 Å². The van der Waals surface area contributed by atoms with Gasteiger partial charge < -0.3 is 15.6 Å². The van der Waals surface area contributed by atoms with Crippen molar-refractivity contribution in [1.29, 1.82) is 0 Å². The Morgan fingerprint density at radius 1 is 1.50 bits per heavy atom. The summed E-state index contributed by atoms with van der Waals surface area (Å²) < 4.78 is 0. The lowest BCUT2D eigenvalue weighted by atomic mass is 10.0. The van der Waals surface area contributed by atoms with Gasteiger partial charge >= 0.3 is 0 Å². The van der Waals surface area contributed by atoms with Crippen LogP contribution < -0.4 is 10.6 Å². The number of piperazine rings is 1. The number of aromatic nitrogens is 2. The number of carbonyl (C=O) groups is 1. The summed E-state index contributed by atoms with van der Waals surface area (Å²) in [6, 6.07) is 0. The lowest BCUT2D eigenvalue weighted by Gasteiger charge is -2.39. The molecule has 0 atom stereocenters. The molecule has 1 aromatic heterocycles. The lowest BCUT2D eigenvalue weighted by molar-refractivity contribution is -0.132. The largest absolute Gasteiger partial charge is 0.347 e. The van der Waals surface area contributed by atoms with E-state index in [4.69, 9.17) is 0 Å². The minimum Gasteiger partial charge on any atom is -0.347 e. The van der Waals surface area contributed by atoms with Crippen LogP contribution in [0.4, 0.5) is 0 Å². The number of imidazole rings is 1. The maximum absolute atomic E-state index is 12.2. The molecule has 3 N–H and O–H groups in total. The third-order valence-corrected chi connectivity index (χ3v) is 3.43. The Balaban J connectivity index is 1.89. The zero-order valence-corrected chi connectivity index (χ0v) is 11.0. The van der Waals surface area contributed by atoms with Crippen LogP contribution in [0.1, 0.15) is 19.7 Å². The van der Waals surface area contributed by atoms with Gasteiger partial charge in [0.15, 0.2) is 0 Å². The van der Waals surface area contributed by atoms with Crippen LogP contribution in [0.5, 0.6) is 0 Å². The lowest BCUT2D eigenvalue weighted by Crippen LogP contribution is -2.59. The van der Waals surface area contributed by atoms with Crippen LogP contribution in [0.2, 0.25) is 0 Å². The van der Waals surface area contributed by atoms with Crippen molar-refractivity contribution in [2.75, 3.05) is 26.2 Å². The second-order valence-electron chi connectivity index (χ2n) is 5.01. The predicted octanol–water partition coefficient (Wildman–Crippen LogP) is -0.290. The van der Waals surface area contributed by atoms with Gasteiger partial charge in [0.05, 0.1) is 12.1 Å². The maximum Gasteiger partial charge on any atom is 0.240 e. The van der Waals surface area contributed by atoms with Crippen molar-refractivity contribution in [3.05, 3.63) is 18.2 Å². The van der Waals surface area contributed by atoms with E-state index >= 15 is 0 Å². The summed E-state index contributed by atoms with van der Waals surface area (Å²) in [5.74, 6) is 0.820. The first-order valence-corrected chi connectivity index (χ1v) is 6.33. The molecule has 0 bridgehead atoms. The van der Waals surface area contributed by atoms with E-state index in [0.717, 1.165) is 32.0 Å². The second-order valence-corrected chi connectivity index (χ2v) is 5.01. The van der Waals surface area contributed by atoms with Crippen molar-refractivity contribution < 1.29 is 4.79 Å². The van der Waals surface area contributed by atoms with Gasteiger partial charge in [-0.15, -0.1) is 0 Å². The highest BCUT2D eigenvalue weighted by Gasteiger charge is 2.34. The van der Waals surface area contributed by atoms with Gasteiger partial charge in [-0.05, 0) is 13.8 Å². The highest BCUT2D eigenvalue weighted by molar-refractivity contribution is 5.85. The topological polar surface area (TPSA) is 73.0 Å².